The third kappa shape index (κ3) is 6.53. The molecule has 1 aromatic heterocycles. The Morgan fingerprint density at radius 2 is 1.05 bits per heavy atom. The molecule has 0 radical (unpaired) electrons. The van der Waals surface area contributed by atoms with Gasteiger partial charge in [0.1, 0.15) is 11.5 Å². The van der Waals surface area contributed by atoms with Crippen LogP contribution in [0.1, 0.15) is 19.2 Å². The predicted octanol–water partition coefficient (Wildman–Crippen LogP) is 8.87. The lowest BCUT2D eigenvalue weighted by Crippen LogP contribution is -2.09. The molecule has 1 heterocycles. The van der Waals surface area contributed by atoms with Gasteiger partial charge >= 0.3 is 0 Å². The second-order valence-electron chi connectivity index (χ2n) is 9.75. The molecule has 0 fully saturated rings. The van der Waals surface area contributed by atoms with Crippen LogP contribution in [0.15, 0.2) is 135 Å². The summed E-state index contributed by atoms with van der Waals surface area (Å²) >= 11 is 3.35. The molecule has 2 N–H and O–H groups in total. The number of aromatic nitrogens is 3. The van der Waals surface area contributed by atoms with E-state index in [-0.39, 0.29) is 17.4 Å². The average molecular weight is 574 g/mol. The van der Waals surface area contributed by atoms with E-state index in [9.17, 15) is 10.2 Å². The molecule has 0 spiro atoms. The third-order valence-corrected chi connectivity index (χ3v) is 8.77. The molecule has 7 heteroatoms. The second-order valence-corrected chi connectivity index (χ2v) is 12.1. The number of phenolic OH excluding ortho intramolecular Hbond substituents is 2. The first kappa shape index (κ1) is 26.9. The van der Waals surface area contributed by atoms with Crippen LogP contribution in [0.5, 0.6) is 11.5 Å². The molecule has 4 aromatic carbocycles. The van der Waals surface area contributed by atoms with Crippen molar-refractivity contribution < 1.29 is 10.2 Å². The van der Waals surface area contributed by atoms with Gasteiger partial charge in [0.15, 0.2) is 17.5 Å². The number of aromatic hydroxyl groups is 2. The lowest BCUT2D eigenvalue weighted by Gasteiger charge is -2.21. The molecule has 6 rings (SSSR count). The number of hydrogen-bond acceptors (Lipinski definition) is 7. The number of phenols is 2. The van der Waals surface area contributed by atoms with E-state index in [0.717, 1.165) is 37.8 Å². The summed E-state index contributed by atoms with van der Waals surface area (Å²) < 4.78 is 0. The SMILES string of the molecule is CC1CC(Sc2ccc(O)cc2)=CC=C1c1nc(-c2ccccc2)nc(-c2ccc(Sc3ccc(O)cc3)cc2)n1. The van der Waals surface area contributed by atoms with Crippen molar-refractivity contribution in [3.63, 3.8) is 0 Å². The molecule has 202 valence electrons. The van der Waals surface area contributed by atoms with Crippen molar-refractivity contribution in [1.29, 1.82) is 0 Å². The first-order chi connectivity index (χ1) is 20.0. The summed E-state index contributed by atoms with van der Waals surface area (Å²) in [4.78, 5) is 19.2. The second kappa shape index (κ2) is 12.0. The standard InChI is InChI=1S/C34H27N3O2S2/c1-22-21-30(41-29-17-11-26(39)12-18-29)19-20-31(22)34-36-32(23-5-3-2-4-6-23)35-33(37-34)24-7-13-27(14-8-24)40-28-15-9-25(38)10-16-28/h2-20,22,38-39H,21H2,1H3. The maximum atomic E-state index is 9.60. The average Bonchev–Trinajstić information content (AvgIpc) is 3.00. The Balaban J connectivity index is 1.32. The monoisotopic (exact) mass is 573 g/mol. The van der Waals surface area contributed by atoms with Gasteiger partial charge in [-0.1, -0.05) is 85.1 Å². The summed E-state index contributed by atoms with van der Waals surface area (Å²) in [7, 11) is 0. The fourth-order valence-corrected chi connectivity index (χ4v) is 6.40. The molecular weight excluding hydrogens is 547 g/mol. The molecule has 41 heavy (non-hydrogen) atoms. The summed E-state index contributed by atoms with van der Waals surface area (Å²) in [5.41, 5.74) is 2.95. The van der Waals surface area contributed by atoms with Crippen LogP contribution < -0.4 is 0 Å². The molecule has 1 atom stereocenters. The molecule has 0 saturated heterocycles. The van der Waals surface area contributed by atoms with E-state index in [1.165, 1.54) is 4.91 Å². The highest BCUT2D eigenvalue weighted by atomic mass is 32.2. The minimum Gasteiger partial charge on any atom is -0.508 e. The first-order valence-corrected chi connectivity index (χ1v) is 14.9. The van der Waals surface area contributed by atoms with Crippen molar-refractivity contribution in [2.45, 2.75) is 28.0 Å². The highest BCUT2D eigenvalue weighted by Crippen LogP contribution is 2.39. The van der Waals surface area contributed by atoms with Gasteiger partial charge in [0.2, 0.25) is 0 Å². The topological polar surface area (TPSA) is 79.1 Å². The predicted molar refractivity (Wildman–Crippen MR) is 167 cm³/mol. The minimum absolute atomic E-state index is 0.225. The molecule has 1 unspecified atom stereocenters. The summed E-state index contributed by atoms with van der Waals surface area (Å²) in [6.07, 6.45) is 5.15. The van der Waals surface area contributed by atoms with Crippen LogP contribution in [-0.4, -0.2) is 25.2 Å². The van der Waals surface area contributed by atoms with Crippen molar-refractivity contribution in [1.82, 2.24) is 15.0 Å². The van der Waals surface area contributed by atoms with Crippen LogP contribution >= 0.6 is 23.5 Å². The summed E-state index contributed by atoms with van der Waals surface area (Å²) in [5.74, 6) is 2.73. The number of rotatable bonds is 7. The molecule has 1 aliphatic rings. The van der Waals surface area contributed by atoms with Crippen LogP contribution in [0.3, 0.4) is 0 Å². The first-order valence-electron chi connectivity index (χ1n) is 13.3. The van der Waals surface area contributed by atoms with Gasteiger partial charge in [-0.05, 0) is 77.9 Å². The van der Waals surface area contributed by atoms with Crippen molar-refractivity contribution in [3.8, 4) is 34.3 Å². The largest absolute Gasteiger partial charge is 0.508 e. The molecule has 5 nitrogen and oxygen atoms in total. The van der Waals surface area contributed by atoms with Crippen molar-refractivity contribution in [3.05, 3.63) is 126 Å². The van der Waals surface area contributed by atoms with Crippen LogP contribution in [0.2, 0.25) is 0 Å². The van der Waals surface area contributed by atoms with Gasteiger partial charge in [0, 0.05) is 31.4 Å². The van der Waals surface area contributed by atoms with Gasteiger partial charge in [0.25, 0.3) is 0 Å². The zero-order valence-corrected chi connectivity index (χ0v) is 23.9. The molecule has 0 bridgehead atoms. The zero-order chi connectivity index (χ0) is 28.2. The molecule has 0 saturated carbocycles. The Morgan fingerprint density at radius 3 is 1.61 bits per heavy atom. The summed E-state index contributed by atoms with van der Waals surface area (Å²) in [6, 6.07) is 32.7. The van der Waals surface area contributed by atoms with Crippen LogP contribution in [-0.2, 0) is 0 Å². The van der Waals surface area contributed by atoms with Crippen molar-refractivity contribution in [2.24, 2.45) is 5.92 Å². The van der Waals surface area contributed by atoms with Gasteiger partial charge < -0.3 is 10.2 Å². The molecule has 5 aromatic rings. The number of hydrogen-bond donors (Lipinski definition) is 2. The maximum Gasteiger partial charge on any atom is 0.164 e. The van der Waals surface area contributed by atoms with Gasteiger partial charge in [-0.3, -0.25) is 0 Å². The third-order valence-electron chi connectivity index (χ3n) is 6.68. The fourth-order valence-electron chi connectivity index (χ4n) is 4.54. The van der Waals surface area contributed by atoms with Gasteiger partial charge in [0.05, 0.1) is 0 Å². The zero-order valence-electron chi connectivity index (χ0n) is 22.3. The lowest BCUT2D eigenvalue weighted by atomic mass is 9.92. The van der Waals surface area contributed by atoms with E-state index >= 15 is 0 Å². The van der Waals surface area contributed by atoms with E-state index in [1.54, 1.807) is 47.8 Å². The number of nitrogens with zero attached hydrogens (tertiary/aromatic N) is 3. The van der Waals surface area contributed by atoms with E-state index in [0.29, 0.717) is 17.5 Å². The Bertz CT molecular complexity index is 1720. The van der Waals surface area contributed by atoms with Gasteiger partial charge in [-0.2, -0.15) is 0 Å². The van der Waals surface area contributed by atoms with Gasteiger partial charge in [-0.15, -0.1) is 0 Å². The van der Waals surface area contributed by atoms with E-state index in [2.05, 4.69) is 31.2 Å². The highest BCUT2D eigenvalue weighted by molar-refractivity contribution is 8.03. The van der Waals surface area contributed by atoms with E-state index < -0.39 is 0 Å². The Kier molecular flexibility index (Phi) is 7.89. The van der Waals surface area contributed by atoms with Crippen molar-refractivity contribution >= 4 is 29.1 Å². The fraction of sp³-hybridized carbons (Fsp3) is 0.0882. The Morgan fingerprint density at radius 1 is 0.561 bits per heavy atom. The van der Waals surface area contributed by atoms with Crippen LogP contribution in [0, 0.1) is 5.92 Å². The van der Waals surface area contributed by atoms with E-state index in [1.807, 2.05) is 66.7 Å². The van der Waals surface area contributed by atoms with Crippen LogP contribution in [0.25, 0.3) is 28.3 Å². The van der Waals surface area contributed by atoms with E-state index in [4.69, 9.17) is 15.0 Å². The maximum absolute atomic E-state index is 9.60. The smallest absolute Gasteiger partial charge is 0.164 e. The normalized spacial score (nSPS) is 14.8. The Labute approximate surface area is 247 Å². The molecule has 0 amide bonds. The quantitative estimate of drug-likeness (QED) is 0.201. The number of thioether (sulfide) groups is 1. The molecular formula is C34H27N3O2S2. The van der Waals surface area contributed by atoms with Gasteiger partial charge in [-0.25, -0.2) is 15.0 Å². The summed E-state index contributed by atoms with van der Waals surface area (Å²) in [5, 5.41) is 19.2. The van der Waals surface area contributed by atoms with Crippen LogP contribution in [0.4, 0.5) is 0 Å². The molecule has 0 aliphatic heterocycles. The lowest BCUT2D eigenvalue weighted by molar-refractivity contribution is 0.474. The minimum atomic E-state index is 0.225. The molecule has 1 aliphatic carbocycles. The highest BCUT2D eigenvalue weighted by Gasteiger charge is 2.22. The Hall–Kier alpha value is -4.33. The number of allylic oxidation sites excluding steroid dienone is 4. The summed E-state index contributed by atoms with van der Waals surface area (Å²) in [6.45, 7) is 2.21. The van der Waals surface area contributed by atoms with Crippen molar-refractivity contribution in [2.75, 3.05) is 0 Å². The number of benzene rings is 4.